The highest BCUT2D eigenvalue weighted by molar-refractivity contribution is 5.79. The second-order valence-electron chi connectivity index (χ2n) is 5.89. The highest BCUT2D eigenvalue weighted by atomic mass is 16.5. The van der Waals surface area contributed by atoms with Gasteiger partial charge in [0, 0.05) is 5.41 Å². The maximum absolute atomic E-state index is 11.5. The van der Waals surface area contributed by atoms with Crippen LogP contribution in [0.25, 0.3) is 0 Å². The Balaban J connectivity index is 1.54. The predicted octanol–water partition coefficient (Wildman–Crippen LogP) is -0.146. The van der Waals surface area contributed by atoms with Crippen LogP contribution in [0.4, 0.5) is 0 Å². The largest absolute Gasteiger partial charge is 0.468 e. The summed E-state index contributed by atoms with van der Waals surface area (Å²) in [5, 5.41) is 0. The van der Waals surface area contributed by atoms with Gasteiger partial charge in [-0.15, -0.1) is 0 Å². The monoisotopic (exact) mass is 191 g/mol. The van der Waals surface area contributed by atoms with Crippen LogP contribution in [-0.4, -0.2) is 19.1 Å². The molecule has 0 aromatic rings. The van der Waals surface area contributed by atoms with Gasteiger partial charge in [-0.1, -0.05) is 0 Å². The van der Waals surface area contributed by atoms with Crippen LogP contribution < -0.4 is 5.73 Å². The summed E-state index contributed by atoms with van der Waals surface area (Å²) in [5.41, 5.74) is 6.30. The molecule has 0 aromatic heterocycles. The van der Waals surface area contributed by atoms with Crippen LogP contribution in [0.15, 0.2) is 0 Å². The fourth-order valence-electron chi connectivity index (χ4n) is 6.47. The number of hydrogen-bond acceptors (Lipinski definition) is 3. The van der Waals surface area contributed by atoms with E-state index in [1.807, 2.05) is 0 Å². The van der Waals surface area contributed by atoms with Gasteiger partial charge in [0.1, 0.15) is 6.04 Å². The lowest BCUT2D eigenvalue weighted by molar-refractivity contribution is -0.616. The Morgan fingerprint density at radius 2 is 1.71 bits per heavy atom. The van der Waals surface area contributed by atoms with Crippen molar-refractivity contribution in [2.75, 3.05) is 7.11 Å². The van der Waals surface area contributed by atoms with Crippen molar-refractivity contribution in [2.45, 2.75) is 6.04 Å². The van der Waals surface area contributed by atoms with Gasteiger partial charge in [-0.3, -0.25) is 4.79 Å². The summed E-state index contributed by atoms with van der Waals surface area (Å²) in [6, 6.07) is -0.308. The lowest BCUT2D eigenvalue weighted by Gasteiger charge is -3.08. The van der Waals surface area contributed by atoms with Crippen molar-refractivity contribution >= 4 is 5.97 Å². The maximum Gasteiger partial charge on any atom is 0.323 e. The minimum atomic E-state index is -0.308. The number of esters is 1. The van der Waals surface area contributed by atoms with E-state index in [1.165, 1.54) is 7.11 Å². The zero-order valence-corrected chi connectivity index (χ0v) is 8.01. The fourth-order valence-corrected chi connectivity index (χ4v) is 6.47. The van der Waals surface area contributed by atoms with E-state index in [0.717, 1.165) is 41.4 Å². The van der Waals surface area contributed by atoms with Crippen molar-refractivity contribution in [2.24, 2.45) is 52.6 Å². The quantitative estimate of drug-likeness (QED) is 0.618. The molecule has 6 saturated carbocycles. The zero-order chi connectivity index (χ0) is 9.40. The van der Waals surface area contributed by atoms with E-state index in [9.17, 15) is 4.79 Å². The van der Waals surface area contributed by atoms with Gasteiger partial charge in [0.15, 0.2) is 0 Å². The third-order valence-corrected chi connectivity index (χ3v) is 6.55. The second-order valence-corrected chi connectivity index (χ2v) is 5.89. The average molecular weight is 191 g/mol. The fraction of sp³-hybridized carbons (Fsp3) is 0.909. The number of carbonyl (C=O) groups is 1. The molecule has 0 aliphatic heterocycles. The summed E-state index contributed by atoms with van der Waals surface area (Å²) in [6.07, 6.45) is 0. The van der Waals surface area contributed by atoms with Crippen molar-refractivity contribution in [3.05, 3.63) is 0 Å². The molecule has 0 spiro atoms. The molecule has 6 rings (SSSR count). The molecule has 74 valence electrons. The molecule has 1 atom stereocenters. The highest BCUT2D eigenvalue weighted by Crippen LogP contribution is 3.06. The van der Waals surface area contributed by atoms with Gasteiger partial charge in [-0.2, -0.15) is 0 Å². The van der Waals surface area contributed by atoms with E-state index in [1.54, 1.807) is 0 Å². The topological polar surface area (TPSA) is 52.3 Å². The average Bonchev–Trinajstić information content (AvgIpc) is 2.27. The van der Waals surface area contributed by atoms with Crippen LogP contribution in [0, 0.1) is 46.8 Å². The van der Waals surface area contributed by atoms with E-state index in [-0.39, 0.29) is 17.4 Å². The SMILES string of the molecule is COC(=O)[C@H](N)C12C3C4C5C3C1C5C42. The molecule has 14 heavy (non-hydrogen) atoms. The number of nitrogens with two attached hydrogens (primary N) is 1. The number of methoxy groups -OCH3 is 1. The van der Waals surface area contributed by atoms with Crippen LogP contribution >= 0.6 is 0 Å². The molecule has 6 aliphatic carbocycles. The molecule has 0 unspecified atom stereocenters. The van der Waals surface area contributed by atoms with Crippen LogP contribution in [0.3, 0.4) is 0 Å². The van der Waals surface area contributed by atoms with E-state index < -0.39 is 0 Å². The van der Waals surface area contributed by atoms with Crippen molar-refractivity contribution in [3.8, 4) is 0 Å². The summed E-state index contributed by atoms with van der Waals surface area (Å²) >= 11 is 0. The van der Waals surface area contributed by atoms with Gasteiger partial charge >= 0.3 is 5.97 Å². The first kappa shape index (κ1) is 6.83. The van der Waals surface area contributed by atoms with Gasteiger partial charge in [0.25, 0.3) is 0 Å². The third-order valence-electron chi connectivity index (χ3n) is 6.55. The van der Waals surface area contributed by atoms with Crippen LogP contribution in [0.1, 0.15) is 0 Å². The molecule has 0 bridgehead atoms. The molecule has 2 N–H and O–H groups in total. The first-order valence-electron chi connectivity index (χ1n) is 5.59. The van der Waals surface area contributed by atoms with Crippen molar-refractivity contribution < 1.29 is 9.53 Å². The van der Waals surface area contributed by atoms with Gasteiger partial charge in [0.05, 0.1) is 7.11 Å². The molecular weight excluding hydrogens is 178 g/mol. The van der Waals surface area contributed by atoms with Crippen LogP contribution in [0.5, 0.6) is 0 Å². The molecule has 6 fully saturated rings. The Bertz CT molecular complexity index is 340. The first-order chi connectivity index (χ1) is 6.76. The second kappa shape index (κ2) is 1.45. The predicted molar refractivity (Wildman–Crippen MR) is 46.9 cm³/mol. The zero-order valence-electron chi connectivity index (χ0n) is 8.01. The Hall–Kier alpha value is -0.570. The lowest BCUT2D eigenvalue weighted by Crippen LogP contribution is -3.07. The Kier molecular flexibility index (Phi) is 0.709. The first-order valence-corrected chi connectivity index (χ1v) is 5.59. The van der Waals surface area contributed by atoms with E-state index >= 15 is 0 Å². The minimum Gasteiger partial charge on any atom is -0.468 e. The molecule has 0 heterocycles. The maximum atomic E-state index is 11.5. The molecule has 3 nitrogen and oxygen atoms in total. The Labute approximate surface area is 82.0 Å². The van der Waals surface area contributed by atoms with Gasteiger partial charge < -0.3 is 10.5 Å². The molecule has 0 aromatic carbocycles. The number of hydrogen-bond donors (Lipinski definition) is 1. The Morgan fingerprint density at radius 1 is 1.21 bits per heavy atom. The molecule has 0 radical (unpaired) electrons. The summed E-state index contributed by atoms with van der Waals surface area (Å²) in [6.45, 7) is 0. The smallest absolute Gasteiger partial charge is 0.323 e. The standard InChI is InChI=1S/C11H13NO2/c1-14-10(13)9(12)11-6-3-2-4(6)8(11)5(2)7(3)11/h2-9H,12H2,1H3/t2?,3?,4?,5?,6?,7?,8?,9-,11?/m0/s1. The lowest BCUT2D eigenvalue weighted by atomic mass is 8.96. The summed E-state index contributed by atoms with van der Waals surface area (Å²) in [4.78, 5) is 11.5. The minimum absolute atomic E-state index is 0.180. The summed E-state index contributed by atoms with van der Waals surface area (Å²) < 4.78 is 4.78. The molecular formula is C11H13NO2. The van der Waals surface area contributed by atoms with Crippen LogP contribution in [0.2, 0.25) is 0 Å². The summed E-state index contributed by atoms with van der Waals surface area (Å²) in [5.74, 6) is 6.38. The van der Waals surface area contributed by atoms with Crippen molar-refractivity contribution in [1.82, 2.24) is 0 Å². The van der Waals surface area contributed by atoms with E-state index in [4.69, 9.17) is 10.5 Å². The van der Waals surface area contributed by atoms with E-state index in [0.29, 0.717) is 0 Å². The van der Waals surface area contributed by atoms with Crippen LogP contribution in [-0.2, 0) is 9.53 Å². The number of ether oxygens (including phenoxy) is 1. The molecule has 6 aliphatic rings. The highest BCUT2D eigenvalue weighted by Gasteiger charge is 3.05. The molecule has 0 amide bonds. The van der Waals surface area contributed by atoms with Crippen molar-refractivity contribution in [1.29, 1.82) is 0 Å². The molecule has 0 saturated heterocycles. The Morgan fingerprint density at radius 3 is 2.14 bits per heavy atom. The van der Waals surface area contributed by atoms with Gasteiger partial charge in [-0.25, -0.2) is 0 Å². The normalized spacial score (nSPS) is 74.0. The van der Waals surface area contributed by atoms with E-state index in [2.05, 4.69) is 0 Å². The molecule has 3 heteroatoms. The number of carbonyl (C=O) groups excluding carboxylic acids is 1. The van der Waals surface area contributed by atoms with Gasteiger partial charge in [0.2, 0.25) is 0 Å². The third kappa shape index (κ3) is 0.290. The van der Waals surface area contributed by atoms with Gasteiger partial charge in [-0.05, 0) is 41.4 Å². The summed E-state index contributed by atoms with van der Waals surface area (Å²) in [7, 11) is 1.45. The number of rotatable bonds is 2. The van der Waals surface area contributed by atoms with Crippen molar-refractivity contribution in [3.63, 3.8) is 0 Å².